The number of carbonyl (C=O) groups is 1. The van der Waals surface area contributed by atoms with Crippen molar-refractivity contribution in [2.24, 2.45) is 5.84 Å². The van der Waals surface area contributed by atoms with E-state index in [1.807, 2.05) is 0 Å². The third kappa shape index (κ3) is 3.67. The molecule has 1 amide bonds. The van der Waals surface area contributed by atoms with Gasteiger partial charge in [-0.05, 0) is 37.8 Å². The van der Waals surface area contributed by atoms with Gasteiger partial charge >= 0.3 is 0 Å². The zero-order valence-electron chi connectivity index (χ0n) is 11.4. The zero-order valence-corrected chi connectivity index (χ0v) is 11.4. The van der Waals surface area contributed by atoms with Crippen LogP contribution in [-0.4, -0.2) is 28.1 Å². The Morgan fingerprint density at radius 3 is 2.57 bits per heavy atom. The number of aliphatic hydroxyl groups is 1. The molecule has 1 saturated carbocycles. The van der Waals surface area contributed by atoms with E-state index in [1.54, 1.807) is 0 Å². The van der Waals surface area contributed by atoms with E-state index in [4.69, 9.17) is 5.84 Å². The van der Waals surface area contributed by atoms with E-state index in [0.29, 0.717) is 18.4 Å². The van der Waals surface area contributed by atoms with Crippen molar-refractivity contribution in [3.8, 4) is 0 Å². The van der Waals surface area contributed by atoms with Crippen molar-refractivity contribution in [2.75, 3.05) is 5.43 Å². The predicted molar refractivity (Wildman–Crippen MR) is 76.6 cm³/mol. The van der Waals surface area contributed by atoms with E-state index in [2.05, 4.69) is 10.7 Å². The van der Waals surface area contributed by atoms with Crippen molar-refractivity contribution in [3.05, 3.63) is 33.9 Å². The number of rotatable bonds is 4. The SMILES string of the molecule is NNc1cc(C(=O)NC2CCC(O)CC2)ccc1[N+](=O)[O-]. The normalized spacial score (nSPS) is 21.6. The fourth-order valence-corrected chi connectivity index (χ4v) is 2.44. The smallest absolute Gasteiger partial charge is 0.293 e. The van der Waals surface area contributed by atoms with E-state index in [0.717, 1.165) is 12.8 Å². The van der Waals surface area contributed by atoms with E-state index in [-0.39, 0.29) is 29.4 Å². The topological polar surface area (TPSA) is 131 Å². The Hall–Kier alpha value is -2.19. The van der Waals surface area contributed by atoms with Gasteiger partial charge in [0.1, 0.15) is 5.69 Å². The van der Waals surface area contributed by atoms with Crippen LogP contribution < -0.4 is 16.6 Å². The first-order valence-electron chi connectivity index (χ1n) is 6.75. The molecule has 8 nitrogen and oxygen atoms in total. The molecular weight excluding hydrogens is 276 g/mol. The second kappa shape index (κ2) is 6.51. The van der Waals surface area contributed by atoms with E-state index >= 15 is 0 Å². The first-order valence-corrected chi connectivity index (χ1v) is 6.75. The number of nitrogens with zero attached hydrogens (tertiary/aromatic N) is 1. The summed E-state index contributed by atoms with van der Waals surface area (Å²) in [5.41, 5.74) is 2.44. The summed E-state index contributed by atoms with van der Waals surface area (Å²) in [5.74, 6) is 4.94. The van der Waals surface area contributed by atoms with E-state index in [9.17, 15) is 20.0 Å². The van der Waals surface area contributed by atoms with Gasteiger partial charge in [0.25, 0.3) is 11.6 Å². The summed E-state index contributed by atoms with van der Waals surface area (Å²) in [6.45, 7) is 0. The first-order chi connectivity index (χ1) is 10.0. The molecule has 1 aromatic carbocycles. The van der Waals surface area contributed by atoms with Crippen molar-refractivity contribution in [2.45, 2.75) is 37.8 Å². The molecule has 114 valence electrons. The molecule has 0 heterocycles. The summed E-state index contributed by atoms with van der Waals surface area (Å²) in [6, 6.07) is 4.01. The van der Waals surface area contributed by atoms with E-state index in [1.165, 1.54) is 18.2 Å². The number of nitrogen functional groups attached to an aromatic ring is 1. The maximum atomic E-state index is 12.1. The number of hydrogen-bond acceptors (Lipinski definition) is 6. The summed E-state index contributed by atoms with van der Waals surface area (Å²) in [5, 5.41) is 23.1. The van der Waals surface area contributed by atoms with Crippen LogP contribution in [0.3, 0.4) is 0 Å². The largest absolute Gasteiger partial charge is 0.393 e. The molecule has 0 spiro atoms. The molecule has 0 saturated heterocycles. The summed E-state index contributed by atoms with van der Waals surface area (Å²) < 4.78 is 0. The first kappa shape index (κ1) is 15.2. The highest BCUT2D eigenvalue weighted by Crippen LogP contribution is 2.25. The molecule has 8 heteroatoms. The summed E-state index contributed by atoms with van der Waals surface area (Å²) in [6.07, 6.45) is 2.50. The Labute approximate surface area is 121 Å². The minimum atomic E-state index is -0.570. The Morgan fingerprint density at radius 2 is 2.00 bits per heavy atom. The predicted octanol–water partition coefficient (Wildman–Crippen LogP) is 0.914. The number of nitro groups is 1. The minimum Gasteiger partial charge on any atom is -0.393 e. The number of anilines is 1. The van der Waals surface area contributed by atoms with Crippen molar-refractivity contribution in [3.63, 3.8) is 0 Å². The number of nitrogens with two attached hydrogens (primary N) is 1. The molecular formula is C13H18N4O4. The lowest BCUT2D eigenvalue weighted by molar-refractivity contribution is -0.384. The lowest BCUT2D eigenvalue weighted by atomic mass is 9.93. The number of hydrazine groups is 1. The van der Waals surface area contributed by atoms with Crippen molar-refractivity contribution in [1.29, 1.82) is 0 Å². The molecule has 0 aliphatic heterocycles. The number of nitro benzene ring substituents is 1. The van der Waals surface area contributed by atoms with Gasteiger partial charge < -0.3 is 15.8 Å². The minimum absolute atomic E-state index is 0.0189. The third-order valence-electron chi connectivity index (χ3n) is 3.64. The Kier molecular flexibility index (Phi) is 4.71. The summed E-state index contributed by atoms with van der Waals surface area (Å²) in [7, 11) is 0. The number of nitrogens with one attached hydrogen (secondary N) is 2. The van der Waals surface area contributed by atoms with Gasteiger partial charge in [-0.2, -0.15) is 0 Å². The quantitative estimate of drug-likeness (QED) is 0.371. The molecule has 0 unspecified atom stereocenters. The van der Waals surface area contributed by atoms with Gasteiger partial charge in [-0.15, -0.1) is 0 Å². The average molecular weight is 294 g/mol. The van der Waals surface area contributed by atoms with Crippen molar-refractivity contribution >= 4 is 17.3 Å². The highest BCUT2D eigenvalue weighted by atomic mass is 16.6. The lowest BCUT2D eigenvalue weighted by Crippen LogP contribution is -2.38. The van der Waals surface area contributed by atoms with Gasteiger partial charge in [0.2, 0.25) is 0 Å². The molecule has 1 aromatic rings. The van der Waals surface area contributed by atoms with Crippen LogP contribution in [0, 0.1) is 10.1 Å². The van der Waals surface area contributed by atoms with Gasteiger partial charge in [0, 0.05) is 17.7 Å². The Balaban J connectivity index is 2.07. The maximum absolute atomic E-state index is 12.1. The Bertz CT molecular complexity index is 541. The molecule has 5 N–H and O–H groups in total. The number of amides is 1. The molecule has 1 aliphatic rings. The van der Waals surface area contributed by atoms with Gasteiger partial charge in [-0.1, -0.05) is 0 Å². The highest BCUT2D eigenvalue weighted by molar-refractivity contribution is 5.96. The molecule has 21 heavy (non-hydrogen) atoms. The molecule has 1 fully saturated rings. The average Bonchev–Trinajstić information content (AvgIpc) is 2.48. The van der Waals surface area contributed by atoms with Crippen molar-refractivity contribution < 1.29 is 14.8 Å². The lowest BCUT2D eigenvalue weighted by Gasteiger charge is -2.26. The van der Waals surface area contributed by atoms with Crippen molar-refractivity contribution in [1.82, 2.24) is 5.32 Å². The maximum Gasteiger partial charge on any atom is 0.293 e. The fraction of sp³-hybridized carbons (Fsp3) is 0.462. The molecule has 2 rings (SSSR count). The zero-order chi connectivity index (χ0) is 15.4. The molecule has 0 aromatic heterocycles. The molecule has 0 atom stereocenters. The second-order valence-electron chi connectivity index (χ2n) is 5.11. The molecule has 1 aliphatic carbocycles. The van der Waals surface area contributed by atoms with Gasteiger partial charge in [-0.25, -0.2) is 0 Å². The number of carbonyl (C=O) groups excluding carboxylic acids is 1. The van der Waals surface area contributed by atoms with Crippen LogP contribution in [0.1, 0.15) is 36.0 Å². The monoisotopic (exact) mass is 294 g/mol. The van der Waals surface area contributed by atoms with Crippen LogP contribution in [-0.2, 0) is 0 Å². The second-order valence-corrected chi connectivity index (χ2v) is 5.11. The number of hydrogen-bond donors (Lipinski definition) is 4. The standard InChI is InChI=1S/C13H18N4O4/c14-16-11-7-8(1-6-12(11)17(20)21)13(19)15-9-2-4-10(18)5-3-9/h1,6-7,9-10,16,18H,2-5,14H2,(H,15,19). The van der Waals surface area contributed by atoms with Gasteiger partial charge in [0.15, 0.2) is 0 Å². The third-order valence-corrected chi connectivity index (χ3v) is 3.64. The van der Waals surface area contributed by atoms with Crippen LogP contribution in [0.15, 0.2) is 18.2 Å². The van der Waals surface area contributed by atoms with Crippen LogP contribution >= 0.6 is 0 Å². The number of benzene rings is 1. The van der Waals surface area contributed by atoms with Crippen LogP contribution in [0.5, 0.6) is 0 Å². The highest BCUT2D eigenvalue weighted by Gasteiger charge is 2.22. The summed E-state index contributed by atoms with van der Waals surface area (Å²) >= 11 is 0. The Morgan fingerprint density at radius 1 is 1.33 bits per heavy atom. The van der Waals surface area contributed by atoms with Gasteiger partial charge in [0.05, 0.1) is 11.0 Å². The molecule has 0 radical (unpaired) electrons. The van der Waals surface area contributed by atoms with Crippen LogP contribution in [0.4, 0.5) is 11.4 Å². The van der Waals surface area contributed by atoms with E-state index < -0.39 is 4.92 Å². The fourth-order valence-electron chi connectivity index (χ4n) is 2.44. The summed E-state index contributed by atoms with van der Waals surface area (Å²) in [4.78, 5) is 22.4. The number of aliphatic hydroxyl groups excluding tert-OH is 1. The van der Waals surface area contributed by atoms with Crippen LogP contribution in [0.2, 0.25) is 0 Å². The van der Waals surface area contributed by atoms with Gasteiger partial charge in [-0.3, -0.25) is 20.8 Å². The molecule has 0 bridgehead atoms. The van der Waals surface area contributed by atoms with Crippen LogP contribution in [0.25, 0.3) is 0 Å².